The molecule has 0 aromatic rings. The predicted octanol–water partition coefficient (Wildman–Crippen LogP) is 0.324. The van der Waals surface area contributed by atoms with Gasteiger partial charge < -0.3 is 15.5 Å². The first kappa shape index (κ1) is 18.7. The number of nitrogens with one attached hydrogen (secondary N) is 1. The molecule has 2 aliphatic heterocycles. The van der Waals surface area contributed by atoms with Crippen molar-refractivity contribution in [1.82, 2.24) is 15.1 Å². The van der Waals surface area contributed by atoms with Gasteiger partial charge in [-0.1, -0.05) is 0 Å². The second-order valence-electron chi connectivity index (χ2n) is 6.48. The van der Waals surface area contributed by atoms with Gasteiger partial charge in [-0.05, 0) is 39.5 Å². The largest absolute Gasteiger partial charge is 0.341 e. The van der Waals surface area contributed by atoms with E-state index in [2.05, 4.69) is 5.32 Å². The Hall–Kier alpha value is -1.34. The van der Waals surface area contributed by atoms with Crippen molar-refractivity contribution in [3.8, 4) is 0 Å². The summed E-state index contributed by atoms with van der Waals surface area (Å²) in [5, 5.41) is 2.25. The first-order valence-electron chi connectivity index (χ1n) is 7.40. The monoisotopic (exact) mass is 332 g/mol. The first-order chi connectivity index (χ1) is 9.73. The summed E-state index contributed by atoms with van der Waals surface area (Å²) in [6.45, 7) is 6.54. The highest BCUT2D eigenvalue weighted by atomic mass is 35.5. The van der Waals surface area contributed by atoms with Gasteiger partial charge in [0.25, 0.3) is 5.91 Å². The van der Waals surface area contributed by atoms with Crippen LogP contribution >= 0.6 is 12.4 Å². The van der Waals surface area contributed by atoms with Crippen LogP contribution in [0.25, 0.3) is 0 Å². The molecule has 2 fully saturated rings. The summed E-state index contributed by atoms with van der Waals surface area (Å²) in [7, 11) is 0. The molecule has 2 saturated heterocycles. The summed E-state index contributed by atoms with van der Waals surface area (Å²) in [5.41, 5.74) is 4.91. The molecule has 2 heterocycles. The van der Waals surface area contributed by atoms with E-state index >= 15 is 0 Å². The molecule has 1 unspecified atom stereocenters. The fourth-order valence-electron chi connectivity index (χ4n) is 2.87. The zero-order chi connectivity index (χ0) is 15.8. The summed E-state index contributed by atoms with van der Waals surface area (Å²) in [6.07, 6.45) is 1.77. The number of urea groups is 1. The van der Waals surface area contributed by atoms with Crippen molar-refractivity contribution in [1.29, 1.82) is 0 Å². The average Bonchev–Trinajstić information content (AvgIpc) is 2.61. The molecule has 0 saturated carbocycles. The highest BCUT2D eigenvalue weighted by Gasteiger charge is 2.46. The van der Waals surface area contributed by atoms with Crippen LogP contribution in [0.4, 0.5) is 4.79 Å². The lowest BCUT2D eigenvalue weighted by Crippen LogP contribution is -2.51. The van der Waals surface area contributed by atoms with E-state index in [4.69, 9.17) is 5.73 Å². The van der Waals surface area contributed by atoms with Crippen LogP contribution in [-0.4, -0.2) is 58.9 Å². The van der Waals surface area contributed by atoms with Crippen LogP contribution < -0.4 is 11.1 Å². The van der Waals surface area contributed by atoms with Gasteiger partial charge >= 0.3 is 6.03 Å². The Bertz CT molecular complexity index is 459. The topological polar surface area (TPSA) is 95.7 Å². The van der Waals surface area contributed by atoms with E-state index in [0.29, 0.717) is 19.0 Å². The van der Waals surface area contributed by atoms with Crippen molar-refractivity contribution >= 4 is 30.3 Å². The number of carbonyl (C=O) groups excluding carboxylic acids is 3. The van der Waals surface area contributed by atoms with Crippen molar-refractivity contribution in [2.24, 2.45) is 11.7 Å². The van der Waals surface area contributed by atoms with Crippen LogP contribution in [0.5, 0.6) is 0 Å². The SMILES string of the molecule is CC(N)C1CCN(C(=O)CN2C(=O)NC(=O)C2(C)C)CC1.Cl. The highest BCUT2D eigenvalue weighted by Crippen LogP contribution is 2.23. The molecule has 4 amide bonds. The van der Waals surface area contributed by atoms with Gasteiger partial charge in [0.15, 0.2) is 0 Å². The number of hydrogen-bond acceptors (Lipinski definition) is 4. The molecule has 7 nitrogen and oxygen atoms in total. The molecule has 126 valence electrons. The summed E-state index contributed by atoms with van der Waals surface area (Å²) >= 11 is 0. The molecule has 8 heteroatoms. The maximum Gasteiger partial charge on any atom is 0.325 e. The molecule has 2 aliphatic rings. The molecule has 0 aromatic heterocycles. The van der Waals surface area contributed by atoms with Crippen LogP contribution in [-0.2, 0) is 9.59 Å². The van der Waals surface area contributed by atoms with Crippen LogP contribution in [0.1, 0.15) is 33.6 Å². The minimum absolute atomic E-state index is 0. The van der Waals surface area contributed by atoms with Gasteiger partial charge in [-0.15, -0.1) is 12.4 Å². The van der Waals surface area contributed by atoms with E-state index in [1.807, 2.05) is 6.92 Å². The lowest BCUT2D eigenvalue weighted by Gasteiger charge is -2.35. The van der Waals surface area contributed by atoms with E-state index in [0.717, 1.165) is 12.8 Å². The quantitative estimate of drug-likeness (QED) is 0.728. The third kappa shape index (κ3) is 3.52. The fourth-order valence-corrected chi connectivity index (χ4v) is 2.87. The Morgan fingerprint density at radius 2 is 1.91 bits per heavy atom. The van der Waals surface area contributed by atoms with Gasteiger partial charge in [-0.25, -0.2) is 4.79 Å². The van der Waals surface area contributed by atoms with Gasteiger partial charge in [0.2, 0.25) is 5.91 Å². The number of likely N-dealkylation sites (tertiary alicyclic amines) is 1. The maximum absolute atomic E-state index is 12.3. The number of rotatable bonds is 3. The standard InChI is InChI=1S/C14H24N4O3.ClH/c1-9(15)10-4-6-17(7-5-10)11(19)8-18-13(21)16-12(20)14(18,2)3;/h9-10H,4-8,15H2,1-3H3,(H,16,20,21);1H. The number of piperidine rings is 1. The Balaban J connectivity index is 0.00000242. The van der Waals surface area contributed by atoms with E-state index in [-0.39, 0.29) is 36.8 Å². The average molecular weight is 333 g/mol. The highest BCUT2D eigenvalue weighted by molar-refractivity contribution is 6.07. The number of imide groups is 1. The molecule has 0 bridgehead atoms. The van der Waals surface area contributed by atoms with E-state index in [1.165, 1.54) is 4.90 Å². The van der Waals surface area contributed by atoms with Crippen molar-refractivity contribution in [2.75, 3.05) is 19.6 Å². The van der Waals surface area contributed by atoms with Crippen LogP contribution in [0, 0.1) is 5.92 Å². The molecule has 2 rings (SSSR count). The normalized spacial score (nSPS) is 23.1. The van der Waals surface area contributed by atoms with Crippen LogP contribution in [0.2, 0.25) is 0 Å². The Morgan fingerprint density at radius 1 is 1.36 bits per heavy atom. The minimum atomic E-state index is -0.975. The second-order valence-corrected chi connectivity index (χ2v) is 6.48. The van der Waals surface area contributed by atoms with Crippen molar-refractivity contribution in [2.45, 2.75) is 45.2 Å². The first-order valence-corrected chi connectivity index (χ1v) is 7.40. The zero-order valence-electron chi connectivity index (χ0n) is 13.3. The van der Waals surface area contributed by atoms with Crippen molar-refractivity contribution < 1.29 is 14.4 Å². The minimum Gasteiger partial charge on any atom is -0.341 e. The molecule has 1 atom stereocenters. The summed E-state index contributed by atoms with van der Waals surface area (Å²) in [6, 6.07) is -0.355. The number of nitrogens with two attached hydrogens (primary N) is 1. The lowest BCUT2D eigenvalue weighted by atomic mass is 9.91. The predicted molar refractivity (Wildman–Crippen MR) is 84.5 cm³/mol. The molecule has 0 aliphatic carbocycles. The van der Waals surface area contributed by atoms with Crippen LogP contribution in [0.3, 0.4) is 0 Å². The van der Waals surface area contributed by atoms with E-state index in [9.17, 15) is 14.4 Å². The molecular weight excluding hydrogens is 308 g/mol. The second kappa shape index (κ2) is 6.83. The van der Waals surface area contributed by atoms with Gasteiger partial charge in [0.05, 0.1) is 0 Å². The lowest BCUT2D eigenvalue weighted by molar-refractivity contribution is -0.135. The number of nitrogens with zero attached hydrogens (tertiary/aromatic N) is 2. The zero-order valence-corrected chi connectivity index (χ0v) is 14.1. The smallest absolute Gasteiger partial charge is 0.325 e. The van der Waals surface area contributed by atoms with E-state index < -0.39 is 11.6 Å². The Morgan fingerprint density at radius 3 is 2.32 bits per heavy atom. The summed E-state index contributed by atoms with van der Waals surface area (Å²) < 4.78 is 0. The molecule has 0 spiro atoms. The Kier molecular flexibility index (Phi) is 5.81. The van der Waals surface area contributed by atoms with Crippen molar-refractivity contribution in [3.63, 3.8) is 0 Å². The number of halogens is 1. The number of hydrogen-bond donors (Lipinski definition) is 2. The van der Waals surface area contributed by atoms with Gasteiger partial charge in [-0.2, -0.15) is 0 Å². The van der Waals surface area contributed by atoms with E-state index in [1.54, 1.807) is 18.7 Å². The molecular formula is C14H25ClN4O3. The molecule has 0 radical (unpaired) electrons. The van der Waals surface area contributed by atoms with Gasteiger partial charge in [0, 0.05) is 19.1 Å². The molecule has 3 N–H and O–H groups in total. The summed E-state index contributed by atoms with van der Waals surface area (Å²) in [5.74, 6) is -0.0332. The number of amides is 4. The maximum atomic E-state index is 12.3. The molecule has 0 aromatic carbocycles. The third-order valence-electron chi connectivity index (χ3n) is 4.63. The number of carbonyl (C=O) groups is 3. The van der Waals surface area contributed by atoms with Crippen molar-refractivity contribution in [3.05, 3.63) is 0 Å². The Labute approximate surface area is 137 Å². The van der Waals surface area contributed by atoms with Gasteiger partial charge in [-0.3, -0.25) is 14.9 Å². The fraction of sp³-hybridized carbons (Fsp3) is 0.786. The third-order valence-corrected chi connectivity index (χ3v) is 4.63. The van der Waals surface area contributed by atoms with Gasteiger partial charge in [0.1, 0.15) is 12.1 Å². The summed E-state index contributed by atoms with van der Waals surface area (Å²) in [4.78, 5) is 38.8. The van der Waals surface area contributed by atoms with Crippen LogP contribution in [0.15, 0.2) is 0 Å². The molecule has 22 heavy (non-hydrogen) atoms.